The minimum Gasteiger partial charge on any atom is -0.379 e. The number of ether oxygens (including phenoxy) is 1. The van der Waals surface area contributed by atoms with Gasteiger partial charge in [-0.25, -0.2) is 4.39 Å². The smallest absolute Gasteiger partial charge is 0.165 e. The first-order valence-electron chi connectivity index (χ1n) is 5.29. The van der Waals surface area contributed by atoms with Crippen molar-refractivity contribution in [3.63, 3.8) is 0 Å². The first-order valence-corrected chi connectivity index (χ1v) is 5.29. The van der Waals surface area contributed by atoms with Crippen LogP contribution in [0.3, 0.4) is 0 Å². The Kier molecular flexibility index (Phi) is 4.19. The van der Waals surface area contributed by atoms with E-state index in [1.165, 1.54) is 12.1 Å². The highest BCUT2D eigenvalue weighted by atomic mass is 19.1. The van der Waals surface area contributed by atoms with Gasteiger partial charge in [-0.2, -0.15) is 0 Å². The van der Waals surface area contributed by atoms with E-state index >= 15 is 0 Å². The molecular weight excluding hydrogens is 207 g/mol. The predicted molar refractivity (Wildman–Crippen MR) is 61.1 cm³/mol. The summed E-state index contributed by atoms with van der Waals surface area (Å²) in [4.78, 5) is 11.7. The van der Waals surface area contributed by atoms with Crippen LogP contribution in [0.25, 0.3) is 0 Å². The van der Waals surface area contributed by atoms with Gasteiger partial charge in [0.25, 0.3) is 0 Å². The summed E-state index contributed by atoms with van der Waals surface area (Å²) in [6, 6.07) is 6.05. The van der Waals surface area contributed by atoms with E-state index in [9.17, 15) is 9.18 Å². The van der Waals surface area contributed by atoms with Crippen molar-refractivity contribution in [2.45, 2.75) is 32.3 Å². The number of carbonyl (C=O) groups is 1. The molecule has 0 aliphatic heterocycles. The maximum absolute atomic E-state index is 13.3. The molecule has 0 saturated carbocycles. The average molecular weight is 224 g/mol. The Morgan fingerprint density at radius 2 is 2.00 bits per heavy atom. The highest BCUT2D eigenvalue weighted by Gasteiger charge is 2.19. The zero-order valence-electron chi connectivity index (χ0n) is 9.92. The Bertz CT molecular complexity index is 372. The molecule has 0 heterocycles. The van der Waals surface area contributed by atoms with Crippen LogP contribution in [0.5, 0.6) is 0 Å². The lowest BCUT2D eigenvalue weighted by Crippen LogP contribution is -2.23. The zero-order valence-corrected chi connectivity index (χ0v) is 9.92. The molecule has 0 bridgehead atoms. The molecule has 0 fully saturated rings. The minimum absolute atomic E-state index is 0.161. The second-order valence-corrected chi connectivity index (χ2v) is 4.37. The maximum Gasteiger partial charge on any atom is 0.165 e. The first-order chi connectivity index (χ1) is 7.46. The van der Waals surface area contributed by atoms with Gasteiger partial charge in [-0.05, 0) is 32.4 Å². The van der Waals surface area contributed by atoms with Crippen LogP contribution in [-0.2, 0) is 4.74 Å². The van der Waals surface area contributed by atoms with E-state index < -0.39 is 5.82 Å². The van der Waals surface area contributed by atoms with Crippen molar-refractivity contribution in [3.05, 3.63) is 35.6 Å². The van der Waals surface area contributed by atoms with Gasteiger partial charge in [0.15, 0.2) is 5.78 Å². The molecular formula is C13H17FO2. The van der Waals surface area contributed by atoms with E-state index in [1.807, 2.05) is 13.8 Å². The molecule has 0 radical (unpaired) electrons. The van der Waals surface area contributed by atoms with Crippen LogP contribution in [0.1, 0.15) is 37.0 Å². The van der Waals surface area contributed by atoms with Crippen LogP contribution in [0, 0.1) is 5.82 Å². The first kappa shape index (κ1) is 12.8. The Morgan fingerprint density at radius 3 is 2.56 bits per heavy atom. The number of methoxy groups -OCH3 is 1. The molecule has 0 N–H and O–H groups in total. The summed E-state index contributed by atoms with van der Waals surface area (Å²) in [5.74, 6) is -0.633. The number of benzene rings is 1. The van der Waals surface area contributed by atoms with Gasteiger partial charge < -0.3 is 4.74 Å². The lowest BCUT2D eigenvalue weighted by atomic mass is 9.97. The monoisotopic (exact) mass is 224 g/mol. The molecule has 3 heteroatoms. The molecule has 1 aromatic carbocycles. The van der Waals surface area contributed by atoms with Gasteiger partial charge in [0.05, 0.1) is 11.2 Å². The molecule has 16 heavy (non-hydrogen) atoms. The number of halogens is 1. The number of carbonyl (C=O) groups excluding carboxylic acids is 1. The summed E-state index contributed by atoms with van der Waals surface area (Å²) < 4.78 is 18.5. The topological polar surface area (TPSA) is 26.3 Å². The van der Waals surface area contributed by atoms with E-state index in [0.29, 0.717) is 12.8 Å². The molecule has 0 unspecified atom stereocenters. The Labute approximate surface area is 95.4 Å². The third-order valence-electron chi connectivity index (χ3n) is 2.68. The Morgan fingerprint density at radius 1 is 1.38 bits per heavy atom. The van der Waals surface area contributed by atoms with Crippen molar-refractivity contribution in [3.8, 4) is 0 Å². The van der Waals surface area contributed by atoms with E-state index in [2.05, 4.69) is 0 Å². The van der Waals surface area contributed by atoms with Crippen molar-refractivity contribution < 1.29 is 13.9 Å². The van der Waals surface area contributed by atoms with Gasteiger partial charge in [-0.3, -0.25) is 4.79 Å². The molecule has 0 atom stereocenters. The molecule has 0 aliphatic rings. The van der Waals surface area contributed by atoms with Gasteiger partial charge in [-0.1, -0.05) is 12.1 Å². The molecule has 0 aliphatic carbocycles. The third kappa shape index (κ3) is 3.42. The standard InChI is InChI=1S/C13H17FO2/c1-13(2,16-3)9-8-12(15)10-6-4-5-7-11(10)14/h4-7H,8-9H2,1-3H3. The van der Waals surface area contributed by atoms with Crippen molar-refractivity contribution in [2.24, 2.45) is 0 Å². The second-order valence-electron chi connectivity index (χ2n) is 4.37. The molecule has 0 aromatic heterocycles. The van der Waals surface area contributed by atoms with E-state index in [1.54, 1.807) is 19.2 Å². The quantitative estimate of drug-likeness (QED) is 0.718. The minimum atomic E-state index is -0.456. The van der Waals surface area contributed by atoms with Crippen LogP contribution in [0.15, 0.2) is 24.3 Å². The van der Waals surface area contributed by atoms with Crippen LogP contribution >= 0.6 is 0 Å². The van der Waals surface area contributed by atoms with Crippen LogP contribution in [-0.4, -0.2) is 18.5 Å². The fourth-order valence-corrected chi connectivity index (χ4v) is 1.34. The predicted octanol–water partition coefficient (Wildman–Crippen LogP) is 3.21. The lowest BCUT2D eigenvalue weighted by molar-refractivity contribution is 0.0141. The van der Waals surface area contributed by atoms with E-state index in [0.717, 1.165) is 0 Å². The molecule has 0 spiro atoms. The number of hydrogen-bond donors (Lipinski definition) is 0. The highest BCUT2D eigenvalue weighted by molar-refractivity contribution is 5.96. The van der Waals surface area contributed by atoms with Gasteiger partial charge in [0.2, 0.25) is 0 Å². The van der Waals surface area contributed by atoms with Crippen molar-refractivity contribution in [2.75, 3.05) is 7.11 Å². The summed E-state index contributed by atoms with van der Waals surface area (Å²) in [5.41, 5.74) is -0.185. The van der Waals surface area contributed by atoms with Crippen molar-refractivity contribution >= 4 is 5.78 Å². The summed E-state index contributed by atoms with van der Waals surface area (Å²) in [6.45, 7) is 3.81. The second kappa shape index (κ2) is 5.21. The molecule has 1 aromatic rings. The number of hydrogen-bond acceptors (Lipinski definition) is 2. The van der Waals surface area contributed by atoms with E-state index in [-0.39, 0.29) is 16.9 Å². The van der Waals surface area contributed by atoms with E-state index in [4.69, 9.17) is 4.74 Å². The van der Waals surface area contributed by atoms with Crippen LogP contribution < -0.4 is 0 Å². The summed E-state index contributed by atoms with van der Waals surface area (Å²) >= 11 is 0. The summed E-state index contributed by atoms with van der Waals surface area (Å²) in [7, 11) is 1.60. The molecule has 0 saturated heterocycles. The largest absolute Gasteiger partial charge is 0.379 e. The van der Waals surface area contributed by atoms with Gasteiger partial charge >= 0.3 is 0 Å². The number of ketones is 1. The molecule has 2 nitrogen and oxygen atoms in total. The van der Waals surface area contributed by atoms with Gasteiger partial charge in [0.1, 0.15) is 5.82 Å². The Hall–Kier alpha value is -1.22. The zero-order chi connectivity index (χ0) is 12.2. The van der Waals surface area contributed by atoms with Crippen LogP contribution in [0.2, 0.25) is 0 Å². The molecule has 88 valence electrons. The van der Waals surface area contributed by atoms with Crippen molar-refractivity contribution in [1.29, 1.82) is 0 Å². The van der Waals surface area contributed by atoms with Gasteiger partial charge in [-0.15, -0.1) is 0 Å². The normalized spacial score (nSPS) is 11.5. The summed E-state index contributed by atoms with van der Waals surface area (Å²) in [5, 5.41) is 0. The number of rotatable bonds is 5. The fourth-order valence-electron chi connectivity index (χ4n) is 1.34. The van der Waals surface area contributed by atoms with Crippen LogP contribution in [0.4, 0.5) is 4.39 Å². The SMILES string of the molecule is COC(C)(C)CCC(=O)c1ccccc1F. The third-order valence-corrected chi connectivity index (χ3v) is 2.68. The Balaban J connectivity index is 2.64. The average Bonchev–Trinajstić information content (AvgIpc) is 2.27. The molecule has 1 rings (SSSR count). The highest BCUT2D eigenvalue weighted by Crippen LogP contribution is 2.18. The fraction of sp³-hybridized carbons (Fsp3) is 0.462. The van der Waals surface area contributed by atoms with Crippen molar-refractivity contribution in [1.82, 2.24) is 0 Å². The maximum atomic E-state index is 13.3. The van der Waals surface area contributed by atoms with Gasteiger partial charge in [0, 0.05) is 13.5 Å². The molecule has 0 amide bonds. The summed E-state index contributed by atoms with van der Waals surface area (Å²) in [6.07, 6.45) is 0.873. The number of Topliss-reactive ketones (excluding diaryl/α,β-unsaturated/α-hetero) is 1. The lowest BCUT2D eigenvalue weighted by Gasteiger charge is -2.22.